The molecule has 92 valence electrons. The van der Waals surface area contributed by atoms with E-state index in [2.05, 4.69) is 5.32 Å². The number of amides is 1. The summed E-state index contributed by atoms with van der Waals surface area (Å²) in [5.41, 5.74) is 3.25. The lowest BCUT2D eigenvalue weighted by molar-refractivity contribution is -0.112. The van der Waals surface area contributed by atoms with Crippen LogP contribution >= 0.6 is 0 Å². The van der Waals surface area contributed by atoms with Gasteiger partial charge in [-0.1, -0.05) is 30.3 Å². The predicted octanol–water partition coefficient (Wildman–Crippen LogP) is 2.30. The molecule has 0 radical (unpaired) electrons. The van der Waals surface area contributed by atoms with Crippen LogP contribution in [0.5, 0.6) is 0 Å². The Bertz CT molecular complexity index is 702. The van der Waals surface area contributed by atoms with Crippen LogP contribution in [0.2, 0.25) is 0 Å². The Labute approximate surface area is 109 Å². The van der Waals surface area contributed by atoms with Crippen molar-refractivity contribution in [2.24, 2.45) is 0 Å². The summed E-state index contributed by atoms with van der Waals surface area (Å²) < 4.78 is 0. The third kappa shape index (κ3) is 1.83. The van der Waals surface area contributed by atoms with Crippen LogP contribution in [0.3, 0.4) is 0 Å². The summed E-state index contributed by atoms with van der Waals surface area (Å²) in [6.45, 7) is 0. The van der Waals surface area contributed by atoms with Gasteiger partial charge in [0, 0.05) is 5.56 Å². The molecule has 4 heteroatoms. The summed E-state index contributed by atoms with van der Waals surface area (Å²) in [5, 5.41) is 2.51. The molecule has 0 bridgehead atoms. The fourth-order valence-corrected chi connectivity index (χ4v) is 2.08. The number of rotatable bonds is 2. The summed E-state index contributed by atoms with van der Waals surface area (Å²) in [4.78, 5) is 33.5. The molecule has 0 spiro atoms. The van der Waals surface area contributed by atoms with Crippen molar-refractivity contribution in [1.82, 2.24) is 0 Å². The first kappa shape index (κ1) is 11.3. The summed E-state index contributed by atoms with van der Waals surface area (Å²) in [6.07, 6.45) is 0.776. The van der Waals surface area contributed by atoms with E-state index >= 15 is 0 Å². The predicted molar refractivity (Wildman–Crippen MR) is 70.2 cm³/mol. The van der Waals surface area contributed by atoms with Crippen LogP contribution in [0.1, 0.15) is 20.7 Å². The highest BCUT2D eigenvalue weighted by atomic mass is 16.2. The monoisotopic (exact) mass is 251 g/mol. The first-order valence-electron chi connectivity index (χ1n) is 5.74. The lowest BCUT2D eigenvalue weighted by Crippen LogP contribution is -2.12. The van der Waals surface area contributed by atoms with Gasteiger partial charge in [-0.05, 0) is 23.3 Å². The number of carbonyl (C=O) groups excluding carboxylic acids is 3. The third-order valence-corrected chi connectivity index (χ3v) is 3.10. The Kier molecular flexibility index (Phi) is 2.49. The van der Waals surface area contributed by atoms with Crippen molar-refractivity contribution >= 4 is 23.7 Å². The van der Waals surface area contributed by atoms with Crippen LogP contribution in [0.4, 0.5) is 5.69 Å². The molecule has 0 saturated carbocycles. The molecule has 3 rings (SSSR count). The molecule has 0 unspecified atom stereocenters. The number of benzene rings is 2. The van der Waals surface area contributed by atoms with Crippen LogP contribution in [0.15, 0.2) is 42.5 Å². The largest absolute Gasteiger partial charge is 0.318 e. The molecule has 1 N–H and O–H groups in total. The maximum absolute atomic E-state index is 11.6. The zero-order valence-corrected chi connectivity index (χ0v) is 9.84. The number of ketones is 1. The number of nitrogens with one attached hydrogen (secondary N) is 1. The molecule has 1 heterocycles. The molecule has 1 aliphatic heterocycles. The van der Waals surface area contributed by atoms with E-state index in [0.29, 0.717) is 16.8 Å². The molecule has 1 aliphatic rings. The van der Waals surface area contributed by atoms with Gasteiger partial charge >= 0.3 is 0 Å². The Hall–Kier alpha value is -2.75. The minimum Gasteiger partial charge on any atom is -0.318 e. The van der Waals surface area contributed by atoms with Gasteiger partial charge in [0.25, 0.3) is 11.7 Å². The van der Waals surface area contributed by atoms with Crippen molar-refractivity contribution in [3.05, 3.63) is 53.6 Å². The highest BCUT2D eigenvalue weighted by Crippen LogP contribution is 2.29. The molecule has 4 nitrogen and oxygen atoms in total. The molecule has 0 fully saturated rings. The maximum atomic E-state index is 11.6. The van der Waals surface area contributed by atoms with E-state index in [1.807, 2.05) is 6.07 Å². The summed E-state index contributed by atoms with van der Waals surface area (Å²) in [5.74, 6) is -1.11. The number of fused-ring (bicyclic) bond motifs is 1. The maximum Gasteiger partial charge on any atom is 0.296 e. The molecule has 2 aromatic rings. The van der Waals surface area contributed by atoms with Crippen molar-refractivity contribution in [3.8, 4) is 11.1 Å². The normalized spacial score (nSPS) is 13.1. The van der Waals surface area contributed by atoms with Gasteiger partial charge < -0.3 is 5.32 Å². The molecule has 0 aromatic heterocycles. The highest BCUT2D eigenvalue weighted by molar-refractivity contribution is 6.51. The quantitative estimate of drug-likeness (QED) is 0.658. The zero-order valence-electron chi connectivity index (χ0n) is 9.84. The van der Waals surface area contributed by atoms with Gasteiger partial charge in [0.05, 0.1) is 11.3 Å². The van der Waals surface area contributed by atoms with Gasteiger partial charge in [0.2, 0.25) is 0 Å². The van der Waals surface area contributed by atoms with Crippen LogP contribution in [-0.4, -0.2) is 18.0 Å². The number of hydrogen-bond donors (Lipinski definition) is 1. The van der Waals surface area contributed by atoms with Gasteiger partial charge in [-0.3, -0.25) is 14.4 Å². The average Bonchev–Trinajstić information content (AvgIpc) is 2.74. The van der Waals surface area contributed by atoms with Gasteiger partial charge in [0.1, 0.15) is 6.29 Å². The number of hydrogen-bond acceptors (Lipinski definition) is 3. The van der Waals surface area contributed by atoms with Crippen LogP contribution < -0.4 is 5.32 Å². The SMILES string of the molecule is O=Cc1ccc(-c2ccc3c(c2)C(=O)C(=O)N3)cc1. The van der Waals surface area contributed by atoms with E-state index in [1.165, 1.54) is 0 Å². The van der Waals surface area contributed by atoms with E-state index in [0.717, 1.165) is 17.4 Å². The van der Waals surface area contributed by atoms with E-state index in [9.17, 15) is 14.4 Å². The van der Waals surface area contributed by atoms with E-state index in [1.54, 1.807) is 36.4 Å². The van der Waals surface area contributed by atoms with E-state index in [4.69, 9.17) is 0 Å². The average molecular weight is 251 g/mol. The Morgan fingerprint density at radius 3 is 2.26 bits per heavy atom. The van der Waals surface area contributed by atoms with Crippen molar-refractivity contribution in [3.63, 3.8) is 0 Å². The first-order chi connectivity index (χ1) is 9.19. The summed E-state index contributed by atoms with van der Waals surface area (Å²) in [6, 6.07) is 12.3. The standard InChI is InChI=1S/C15H9NO3/c17-8-9-1-3-10(4-2-9)11-5-6-13-12(7-11)14(18)15(19)16-13/h1-8H,(H,16,18,19). The molecular formula is C15H9NO3. The van der Waals surface area contributed by atoms with E-state index in [-0.39, 0.29) is 0 Å². The van der Waals surface area contributed by atoms with Crippen LogP contribution in [0.25, 0.3) is 11.1 Å². The van der Waals surface area contributed by atoms with Crippen LogP contribution in [0, 0.1) is 0 Å². The lowest BCUT2D eigenvalue weighted by Gasteiger charge is -2.04. The molecular weight excluding hydrogens is 242 g/mol. The second-order valence-electron chi connectivity index (χ2n) is 4.28. The van der Waals surface area contributed by atoms with Gasteiger partial charge in [-0.15, -0.1) is 0 Å². The second-order valence-corrected chi connectivity index (χ2v) is 4.28. The van der Waals surface area contributed by atoms with E-state index < -0.39 is 11.7 Å². The molecule has 1 amide bonds. The Morgan fingerprint density at radius 2 is 1.58 bits per heavy atom. The molecule has 0 atom stereocenters. The summed E-state index contributed by atoms with van der Waals surface area (Å²) in [7, 11) is 0. The van der Waals surface area contributed by atoms with Crippen molar-refractivity contribution in [2.45, 2.75) is 0 Å². The molecule has 2 aromatic carbocycles. The zero-order chi connectivity index (χ0) is 13.4. The minimum atomic E-state index is -0.594. The lowest BCUT2D eigenvalue weighted by atomic mass is 10.0. The first-order valence-corrected chi connectivity index (χ1v) is 5.74. The molecule has 0 saturated heterocycles. The van der Waals surface area contributed by atoms with Gasteiger partial charge in [-0.25, -0.2) is 0 Å². The fraction of sp³-hybridized carbons (Fsp3) is 0. The number of anilines is 1. The van der Waals surface area contributed by atoms with Crippen molar-refractivity contribution in [2.75, 3.05) is 5.32 Å². The second kappa shape index (κ2) is 4.17. The molecule has 0 aliphatic carbocycles. The Balaban J connectivity index is 2.05. The highest BCUT2D eigenvalue weighted by Gasteiger charge is 2.27. The number of aldehydes is 1. The fourth-order valence-electron chi connectivity index (χ4n) is 2.08. The number of carbonyl (C=O) groups is 3. The minimum absolute atomic E-state index is 0.391. The topological polar surface area (TPSA) is 63.2 Å². The van der Waals surface area contributed by atoms with Gasteiger partial charge in [-0.2, -0.15) is 0 Å². The summed E-state index contributed by atoms with van der Waals surface area (Å²) >= 11 is 0. The Morgan fingerprint density at radius 1 is 0.895 bits per heavy atom. The van der Waals surface area contributed by atoms with Crippen molar-refractivity contribution in [1.29, 1.82) is 0 Å². The van der Waals surface area contributed by atoms with Gasteiger partial charge in [0.15, 0.2) is 0 Å². The molecule has 19 heavy (non-hydrogen) atoms. The van der Waals surface area contributed by atoms with Crippen LogP contribution in [-0.2, 0) is 4.79 Å². The van der Waals surface area contributed by atoms with Crippen molar-refractivity contribution < 1.29 is 14.4 Å². The number of Topliss-reactive ketones (excluding diaryl/α,β-unsaturated/α-hetero) is 1. The third-order valence-electron chi connectivity index (χ3n) is 3.10. The smallest absolute Gasteiger partial charge is 0.296 e.